The summed E-state index contributed by atoms with van der Waals surface area (Å²) in [4.78, 5) is 0. The summed E-state index contributed by atoms with van der Waals surface area (Å²) < 4.78 is 5.48. The first-order valence-electron chi connectivity index (χ1n) is 3.57. The van der Waals surface area contributed by atoms with E-state index in [1.54, 1.807) is 11.8 Å². The fourth-order valence-corrected chi connectivity index (χ4v) is 2.15. The summed E-state index contributed by atoms with van der Waals surface area (Å²) in [6.07, 6.45) is 3.13. The number of hydrogen-bond donors (Lipinski definition) is 1. The van der Waals surface area contributed by atoms with Gasteiger partial charge in [-0.15, -0.1) is 11.8 Å². The van der Waals surface area contributed by atoms with Crippen LogP contribution in [0.1, 0.15) is 13.3 Å². The monoisotopic (exact) mass is 162 g/mol. The maximum absolute atomic E-state index is 8.76. The standard InChI is InChI=1S/C7H14O2S/c1-5-3-6(4-8)9-7(5)10-2/h5-8H,3-4H2,1-2H3. The van der Waals surface area contributed by atoms with Gasteiger partial charge in [-0.1, -0.05) is 6.92 Å². The third kappa shape index (κ3) is 1.65. The van der Waals surface area contributed by atoms with Crippen molar-refractivity contribution in [3.8, 4) is 0 Å². The molecular weight excluding hydrogens is 148 g/mol. The van der Waals surface area contributed by atoms with Crippen molar-refractivity contribution in [1.82, 2.24) is 0 Å². The molecular formula is C7H14O2S. The first-order valence-corrected chi connectivity index (χ1v) is 4.85. The van der Waals surface area contributed by atoms with Gasteiger partial charge in [0, 0.05) is 0 Å². The quantitative estimate of drug-likeness (QED) is 0.659. The van der Waals surface area contributed by atoms with Gasteiger partial charge in [0.05, 0.1) is 12.7 Å². The molecule has 1 N–H and O–H groups in total. The molecule has 0 spiro atoms. The first-order chi connectivity index (χ1) is 4.77. The third-order valence-corrected chi connectivity index (χ3v) is 2.90. The molecule has 1 aliphatic rings. The Bertz CT molecular complexity index is 108. The highest BCUT2D eigenvalue weighted by molar-refractivity contribution is 7.99. The number of rotatable bonds is 2. The molecule has 0 saturated carbocycles. The van der Waals surface area contributed by atoms with Crippen LogP contribution >= 0.6 is 11.8 Å². The number of ether oxygens (including phenoxy) is 1. The number of aliphatic hydroxyl groups is 1. The summed E-state index contributed by atoms with van der Waals surface area (Å²) in [6.45, 7) is 2.33. The topological polar surface area (TPSA) is 29.5 Å². The fourth-order valence-electron chi connectivity index (χ4n) is 1.31. The Hall–Kier alpha value is 0.270. The molecule has 0 aromatic heterocycles. The van der Waals surface area contributed by atoms with Crippen LogP contribution in [0.3, 0.4) is 0 Å². The van der Waals surface area contributed by atoms with Crippen molar-refractivity contribution in [3.05, 3.63) is 0 Å². The average Bonchev–Trinajstić information content (AvgIpc) is 2.30. The molecule has 3 heteroatoms. The summed E-state index contributed by atoms with van der Waals surface area (Å²) in [5, 5.41) is 8.76. The summed E-state index contributed by atoms with van der Waals surface area (Å²) in [5.74, 6) is 0.590. The number of aliphatic hydroxyl groups excluding tert-OH is 1. The van der Waals surface area contributed by atoms with E-state index in [0.717, 1.165) is 6.42 Å². The Labute approximate surface area is 66.0 Å². The van der Waals surface area contributed by atoms with Gasteiger partial charge in [-0.2, -0.15) is 0 Å². The minimum Gasteiger partial charge on any atom is -0.394 e. The largest absolute Gasteiger partial charge is 0.394 e. The normalized spacial score (nSPS) is 40.5. The zero-order valence-electron chi connectivity index (χ0n) is 6.41. The molecule has 0 aromatic carbocycles. The van der Waals surface area contributed by atoms with E-state index >= 15 is 0 Å². The summed E-state index contributed by atoms with van der Waals surface area (Å²) >= 11 is 1.73. The predicted molar refractivity (Wildman–Crippen MR) is 43.0 cm³/mol. The highest BCUT2D eigenvalue weighted by Gasteiger charge is 2.30. The molecule has 0 aromatic rings. The molecule has 1 fully saturated rings. The molecule has 2 nitrogen and oxygen atoms in total. The van der Waals surface area contributed by atoms with Gasteiger partial charge in [0.25, 0.3) is 0 Å². The van der Waals surface area contributed by atoms with Crippen LogP contribution in [-0.2, 0) is 4.74 Å². The predicted octanol–water partition coefficient (Wildman–Crippen LogP) is 1.09. The Balaban J connectivity index is 2.36. The highest BCUT2D eigenvalue weighted by Crippen LogP contribution is 2.31. The molecule has 0 bridgehead atoms. The van der Waals surface area contributed by atoms with Crippen LogP contribution in [0.2, 0.25) is 0 Å². The van der Waals surface area contributed by atoms with Gasteiger partial charge < -0.3 is 9.84 Å². The molecule has 1 saturated heterocycles. The van der Waals surface area contributed by atoms with Gasteiger partial charge in [-0.3, -0.25) is 0 Å². The lowest BCUT2D eigenvalue weighted by molar-refractivity contribution is 0.0439. The van der Waals surface area contributed by atoms with Crippen molar-refractivity contribution in [3.63, 3.8) is 0 Å². The van der Waals surface area contributed by atoms with Crippen molar-refractivity contribution in [1.29, 1.82) is 0 Å². The van der Waals surface area contributed by atoms with E-state index < -0.39 is 0 Å². The molecule has 3 atom stereocenters. The second-order valence-electron chi connectivity index (χ2n) is 2.76. The second-order valence-corrected chi connectivity index (χ2v) is 3.69. The van der Waals surface area contributed by atoms with Gasteiger partial charge >= 0.3 is 0 Å². The molecule has 0 aliphatic carbocycles. The van der Waals surface area contributed by atoms with Crippen LogP contribution in [0.15, 0.2) is 0 Å². The van der Waals surface area contributed by atoms with E-state index in [-0.39, 0.29) is 12.7 Å². The van der Waals surface area contributed by atoms with E-state index in [0.29, 0.717) is 11.4 Å². The Morgan fingerprint density at radius 1 is 1.70 bits per heavy atom. The summed E-state index contributed by atoms with van der Waals surface area (Å²) in [5.41, 5.74) is 0.303. The Morgan fingerprint density at radius 3 is 2.70 bits per heavy atom. The SMILES string of the molecule is CSC1OC(CO)CC1C. The molecule has 60 valence electrons. The van der Waals surface area contributed by atoms with Crippen molar-refractivity contribution in [2.45, 2.75) is 24.9 Å². The minimum atomic E-state index is 0.0902. The first kappa shape index (κ1) is 8.37. The highest BCUT2D eigenvalue weighted by atomic mass is 32.2. The van der Waals surface area contributed by atoms with E-state index in [4.69, 9.17) is 9.84 Å². The lowest BCUT2D eigenvalue weighted by Gasteiger charge is -2.10. The second kappa shape index (κ2) is 3.60. The zero-order valence-corrected chi connectivity index (χ0v) is 7.23. The van der Waals surface area contributed by atoms with Crippen molar-refractivity contribution >= 4 is 11.8 Å². The number of thioether (sulfide) groups is 1. The maximum atomic E-state index is 8.76. The lowest BCUT2D eigenvalue weighted by atomic mass is 10.1. The van der Waals surface area contributed by atoms with E-state index in [2.05, 4.69) is 6.92 Å². The van der Waals surface area contributed by atoms with Crippen molar-refractivity contribution in [2.75, 3.05) is 12.9 Å². The van der Waals surface area contributed by atoms with Crippen LogP contribution in [0, 0.1) is 5.92 Å². The Morgan fingerprint density at radius 2 is 2.40 bits per heavy atom. The third-order valence-electron chi connectivity index (χ3n) is 1.86. The average molecular weight is 162 g/mol. The minimum absolute atomic E-state index is 0.0902. The van der Waals surface area contributed by atoms with Crippen LogP contribution in [0.5, 0.6) is 0 Å². The van der Waals surface area contributed by atoms with Crippen LogP contribution in [-0.4, -0.2) is 29.5 Å². The van der Waals surface area contributed by atoms with Gasteiger partial charge in [0.1, 0.15) is 5.44 Å². The molecule has 0 radical (unpaired) electrons. The molecule has 10 heavy (non-hydrogen) atoms. The fraction of sp³-hybridized carbons (Fsp3) is 1.00. The van der Waals surface area contributed by atoms with Gasteiger partial charge in [-0.05, 0) is 18.6 Å². The molecule has 1 rings (SSSR count). The maximum Gasteiger partial charge on any atom is 0.106 e. The van der Waals surface area contributed by atoms with Gasteiger partial charge in [0.2, 0.25) is 0 Å². The molecule has 1 heterocycles. The van der Waals surface area contributed by atoms with Crippen molar-refractivity contribution < 1.29 is 9.84 Å². The van der Waals surface area contributed by atoms with Gasteiger partial charge in [0.15, 0.2) is 0 Å². The Kier molecular flexibility index (Phi) is 3.01. The van der Waals surface area contributed by atoms with Crippen LogP contribution < -0.4 is 0 Å². The lowest BCUT2D eigenvalue weighted by Crippen LogP contribution is -2.12. The molecule has 1 aliphatic heterocycles. The summed E-state index contributed by atoms with van der Waals surface area (Å²) in [6, 6.07) is 0. The van der Waals surface area contributed by atoms with E-state index in [1.807, 2.05) is 6.26 Å². The molecule has 0 amide bonds. The van der Waals surface area contributed by atoms with Crippen LogP contribution in [0.25, 0.3) is 0 Å². The summed E-state index contributed by atoms with van der Waals surface area (Å²) in [7, 11) is 0. The van der Waals surface area contributed by atoms with E-state index in [1.165, 1.54) is 0 Å². The van der Waals surface area contributed by atoms with Gasteiger partial charge in [-0.25, -0.2) is 0 Å². The zero-order chi connectivity index (χ0) is 7.56. The van der Waals surface area contributed by atoms with E-state index in [9.17, 15) is 0 Å². The molecule has 3 unspecified atom stereocenters. The van der Waals surface area contributed by atoms with Crippen molar-refractivity contribution in [2.24, 2.45) is 5.92 Å². The number of hydrogen-bond acceptors (Lipinski definition) is 3. The smallest absolute Gasteiger partial charge is 0.106 e. The van der Waals surface area contributed by atoms with Crippen LogP contribution in [0.4, 0.5) is 0 Å².